The molecule has 0 spiro atoms. The van der Waals surface area contributed by atoms with E-state index in [-0.39, 0.29) is 23.8 Å². The highest BCUT2D eigenvalue weighted by atomic mass is 32.1. The van der Waals surface area contributed by atoms with Crippen LogP contribution in [-0.4, -0.2) is 44.6 Å². The van der Waals surface area contributed by atoms with E-state index in [1.807, 2.05) is 50.1 Å². The second-order valence-electron chi connectivity index (χ2n) is 8.20. The van der Waals surface area contributed by atoms with Gasteiger partial charge in [-0.15, -0.1) is 11.3 Å². The molecular formula is C22H27N5O2S. The summed E-state index contributed by atoms with van der Waals surface area (Å²) in [5.74, 6) is 0.0914. The Kier molecular flexibility index (Phi) is 5.85. The van der Waals surface area contributed by atoms with Crippen LogP contribution < -0.4 is 5.32 Å². The number of hydrogen-bond donors (Lipinski definition) is 1. The number of nitrogens with one attached hydrogen (secondary N) is 1. The Bertz CT molecular complexity index is 1070. The van der Waals surface area contributed by atoms with E-state index < -0.39 is 0 Å². The Morgan fingerprint density at radius 1 is 1.30 bits per heavy atom. The van der Waals surface area contributed by atoms with E-state index in [0.717, 1.165) is 33.8 Å². The molecule has 0 bridgehead atoms. The second-order valence-corrected chi connectivity index (χ2v) is 9.44. The van der Waals surface area contributed by atoms with E-state index >= 15 is 0 Å². The molecular weight excluding hydrogens is 398 g/mol. The minimum absolute atomic E-state index is 0.0148. The summed E-state index contributed by atoms with van der Waals surface area (Å²) in [6.07, 6.45) is 4.10. The van der Waals surface area contributed by atoms with E-state index in [9.17, 15) is 9.59 Å². The summed E-state index contributed by atoms with van der Waals surface area (Å²) >= 11 is 1.62. The lowest BCUT2D eigenvalue weighted by Gasteiger charge is -2.32. The van der Waals surface area contributed by atoms with Crippen LogP contribution in [0, 0.1) is 12.8 Å². The lowest BCUT2D eigenvalue weighted by Crippen LogP contribution is -2.41. The van der Waals surface area contributed by atoms with Gasteiger partial charge in [-0.2, -0.15) is 5.10 Å². The predicted molar refractivity (Wildman–Crippen MR) is 119 cm³/mol. The quantitative estimate of drug-likeness (QED) is 0.662. The van der Waals surface area contributed by atoms with Crippen molar-refractivity contribution < 1.29 is 9.59 Å². The first-order chi connectivity index (χ1) is 14.4. The molecule has 0 radical (unpaired) electrons. The molecule has 30 heavy (non-hydrogen) atoms. The Hall–Kier alpha value is -2.74. The SMILES string of the molecule is Cc1nc2ccc(NC(=O)C[C@H]3CCCN(C(=O)c4ccn(C(C)C)n4)C3)cc2s1. The number of aromatic nitrogens is 3. The number of carbonyl (C=O) groups excluding carboxylic acids is 2. The standard InChI is InChI=1S/C22H27N5O2S/c1-14(2)27-10-8-19(25-27)22(29)26-9-4-5-16(13-26)11-21(28)24-17-6-7-18-20(12-17)30-15(3)23-18/h6-8,10,12,14,16H,4-5,9,11,13H2,1-3H3,(H,24,28)/t16-/m1/s1. The summed E-state index contributed by atoms with van der Waals surface area (Å²) < 4.78 is 2.87. The Morgan fingerprint density at radius 2 is 2.13 bits per heavy atom. The molecule has 1 N–H and O–H groups in total. The third-order valence-electron chi connectivity index (χ3n) is 5.42. The highest BCUT2D eigenvalue weighted by Gasteiger charge is 2.27. The van der Waals surface area contributed by atoms with Gasteiger partial charge in [0.15, 0.2) is 0 Å². The maximum Gasteiger partial charge on any atom is 0.274 e. The fourth-order valence-electron chi connectivity index (χ4n) is 3.91. The van der Waals surface area contributed by atoms with Gasteiger partial charge in [0.05, 0.1) is 15.2 Å². The first-order valence-corrected chi connectivity index (χ1v) is 11.2. The molecule has 8 heteroatoms. The van der Waals surface area contributed by atoms with Gasteiger partial charge >= 0.3 is 0 Å². The van der Waals surface area contributed by atoms with Crippen LogP contribution in [0.2, 0.25) is 0 Å². The van der Waals surface area contributed by atoms with Gasteiger partial charge < -0.3 is 10.2 Å². The van der Waals surface area contributed by atoms with Crippen molar-refractivity contribution in [2.45, 2.75) is 46.1 Å². The number of carbonyl (C=O) groups is 2. The molecule has 4 rings (SSSR count). The van der Waals surface area contributed by atoms with Crippen LogP contribution in [0.5, 0.6) is 0 Å². The number of rotatable bonds is 5. The topological polar surface area (TPSA) is 80.1 Å². The van der Waals surface area contributed by atoms with E-state index in [1.165, 1.54) is 0 Å². The summed E-state index contributed by atoms with van der Waals surface area (Å²) in [6.45, 7) is 7.35. The van der Waals surface area contributed by atoms with Gasteiger partial charge in [-0.1, -0.05) is 0 Å². The number of likely N-dealkylation sites (tertiary alicyclic amines) is 1. The zero-order valence-electron chi connectivity index (χ0n) is 17.6. The lowest BCUT2D eigenvalue weighted by molar-refractivity contribution is -0.117. The fourth-order valence-corrected chi connectivity index (χ4v) is 4.78. The Morgan fingerprint density at radius 3 is 2.90 bits per heavy atom. The monoisotopic (exact) mass is 425 g/mol. The molecule has 2 aromatic heterocycles. The van der Waals surface area contributed by atoms with Crippen LogP contribution in [0.25, 0.3) is 10.2 Å². The number of fused-ring (bicyclic) bond motifs is 1. The number of anilines is 1. The number of piperidine rings is 1. The zero-order valence-corrected chi connectivity index (χ0v) is 18.4. The molecule has 7 nitrogen and oxygen atoms in total. The Labute approximate surface area is 180 Å². The molecule has 1 aliphatic rings. The maximum atomic E-state index is 12.8. The van der Waals surface area contributed by atoms with E-state index in [4.69, 9.17) is 0 Å². The molecule has 1 aliphatic heterocycles. The van der Waals surface area contributed by atoms with Crippen molar-refractivity contribution >= 4 is 39.1 Å². The van der Waals surface area contributed by atoms with Crippen molar-refractivity contribution in [2.75, 3.05) is 18.4 Å². The number of hydrogen-bond acceptors (Lipinski definition) is 5. The largest absolute Gasteiger partial charge is 0.337 e. The van der Waals surface area contributed by atoms with Crippen LogP contribution >= 0.6 is 11.3 Å². The van der Waals surface area contributed by atoms with Crippen LogP contribution in [-0.2, 0) is 4.79 Å². The Balaban J connectivity index is 1.35. The van der Waals surface area contributed by atoms with Crippen LogP contribution in [0.15, 0.2) is 30.5 Å². The normalized spacial score (nSPS) is 16.9. The summed E-state index contributed by atoms with van der Waals surface area (Å²) in [6, 6.07) is 7.79. The van der Waals surface area contributed by atoms with Gasteiger partial charge in [0.25, 0.3) is 5.91 Å². The van der Waals surface area contributed by atoms with Gasteiger partial charge in [-0.25, -0.2) is 4.98 Å². The number of benzene rings is 1. The minimum atomic E-state index is -0.0504. The minimum Gasteiger partial charge on any atom is -0.337 e. The second kappa shape index (κ2) is 8.55. The molecule has 0 saturated carbocycles. The maximum absolute atomic E-state index is 12.8. The molecule has 1 fully saturated rings. The van der Waals surface area contributed by atoms with E-state index in [0.29, 0.717) is 25.2 Å². The van der Waals surface area contributed by atoms with Gasteiger partial charge in [-0.3, -0.25) is 14.3 Å². The van der Waals surface area contributed by atoms with Crippen molar-refractivity contribution in [3.63, 3.8) is 0 Å². The number of nitrogens with zero attached hydrogens (tertiary/aromatic N) is 4. The molecule has 0 aliphatic carbocycles. The average Bonchev–Trinajstić information content (AvgIpc) is 3.33. The number of aryl methyl sites for hydroxylation is 1. The predicted octanol–water partition coefficient (Wildman–Crippen LogP) is 4.26. The highest BCUT2D eigenvalue weighted by molar-refractivity contribution is 7.18. The summed E-state index contributed by atoms with van der Waals surface area (Å²) in [7, 11) is 0. The van der Waals surface area contributed by atoms with Gasteiger partial charge in [-0.05, 0) is 63.8 Å². The summed E-state index contributed by atoms with van der Waals surface area (Å²) in [4.78, 5) is 31.7. The first-order valence-electron chi connectivity index (χ1n) is 10.4. The number of thiazole rings is 1. The zero-order chi connectivity index (χ0) is 21.3. The van der Waals surface area contributed by atoms with Crippen molar-refractivity contribution in [1.82, 2.24) is 19.7 Å². The summed E-state index contributed by atoms with van der Waals surface area (Å²) in [5.41, 5.74) is 2.22. The first kappa shape index (κ1) is 20.5. The molecule has 3 heterocycles. The fraction of sp³-hybridized carbons (Fsp3) is 0.455. The van der Waals surface area contributed by atoms with Crippen LogP contribution in [0.4, 0.5) is 5.69 Å². The third kappa shape index (κ3) is 4.53. The lowest BCUT2D eigenvalue weighted by atomic mass is 9.94. The van der Waals surface area contributed by atoms with Crippen molar-refractivity contribution in [1.29, 1.82) is 0 Å². The van der Waals surface area contributed by atoms with E-state index in [2.05, 4.69) is 15.4 Å². The van der Waals surface area contributed by atoms with Crippen molar-refractivity contribution in [2.24, 2.45) is 5.92 Å². The van der Waals surface area contributed by atoms with Crippen LogP contribution in [0.1, 0.15) is 54.6 Å². The van der Waals surface area contributed by atoms with Crippen molar-refractivity contribution in [3.05, 3.63) is 41.2 Å². The third-order valence-corrected chi connectivity index (χ3v) is 6.35. The molecule has 2 amide bonds. The highest BCUT2D eigenvalue weighted by Crippen LogP contribution is 2.26. The molecule has 1 aromatic carbocycles. The molecule has 1 atom stereocenters. The average molecular weight is 426 g/mol. The molecule has 158 valence electrons. The van der Waals surface area contributed by atoms with Gasteiger partial charge in [0.2, 0.25) is 5.91 Å². The smallest absolute Gasteiger partial charge is 0.274 e. The molecule has 1 saturated heterocycles. The summed E-state index contributed by atoms with van der Waals surface area (Å²) in [5, 5.41) is 8.41. The van der Waals surface area contributed by atoms with Crippen LogP contribution in [0.3, 0.4) is 0 Å². The number of amides is 2. The van der Waals surface area contributed by atoms with E-state index in [1.54, 1.807) is 22.1 Å². The van der Waals surface area contributed by atoms with Gasteiger partial charge in [0, 0.05) is 37.4 Å². The van der Waals surface area contributed by atoms with Gasteiger partial charge in [0.1, 0.15) is 5.69 Å². The molecule has 0 unspecified atom stereocenters. The molecule has 3 aromatic rings. The van der Waals surface area contributed by atoms with Crippen molar-refractivity contribution in [3.8, 4) is 0 Å².